The summed E-state index contributed by atoms with van der Waals surface area (Å²) in [4.78, 5) is 0. The molecule has 0 bridgehead atoms. The van der Waals surface area contributed by atoms with Crippen molar-refractivity contribution in [3.8, 4) is 22.3 Å². The quantitative estimate of drug-likeness (QED) is 0.230. The van der Waals surface area contributed by atoms with Gasteiger partial charge in [-0.3, -0.25) is 0 Å². The fraction of sp³-hybridized carbons (Fsp3) is 0. The van der Waals surface area contributed by atoms with Crippen LogP contribution in [0.5, 0.6) is 0 Å². The van der Waals surface area contributed by atoms with Gasteiger partial charge in [-0.25, -0.2) is 0 Å². The fourth-order valence-corrected chi connectivity index (χ4v) is 4.43. The molecule has 0 aliphatic rings. The van der Waals surface area contributed by atoms with Crippen LogP contribution in [0, 0.1) is 0 Å². The zero-order valence-corrected chi connectivity index (χ0v) is 17.8. The van der Waals surface area contributed by atoms with Gasteiger partial charge in [-0.2, -0.15) is 0 Å². The van der Waals surface area contributed by atoms with Gasteiger partial charge in [-0.1, -0.05) is 84.6 Å². The molecule has 0 amide bonds. The summed E-state index contributed by atoms with van der Waals surface area (Å²) in [5.41, 5.74) is -3.61. The van der Waals surface area contributed by atoms with Crippen molar-refractivity contribution >= 4 is 54.5 Å². The van der Waals surface area contributed by atoms with E-state index in [1.54, 1.807) is 0 Å². The highest BCUT2D eigenvalue weighted by atomic mass is 16.3. The molecule has 0 saturated carbocycles. The first-order valence-corrected chi connectivity index (χ1v) is 10.6. The summed E-state index contributed by atoms with van der Waals surface area (Å²) in [7, 11) is 0. The fourth-order valence-electron chi connectivity index (χ4n) is 4.43. The predicted molar refractivity (Wildman–Crippen MR) is 149 cm³/mol. The van der Waals surface area contributed by atoms with Gasteiger partial charge >= 0.3 is 0 Å². The van der Waals surface area contributed by atoms with Crippen molar-refractivity contribution in [2.75, 3.05) is 0 Å². The second-order valence-electron chi connectivity index (χ2n) is 7.79. The first kappa shape index (κ1) is 8.39. The van der Waals surface area contributed by atoms with Crippen LogP contribution < -0.4 is 0 Å². The highest BCUT2D eigenvalue weighted by molar-refractivity contribution is 6.22. The molecule has 36 heavy (non-hydrogen) atoms. The van der Waals surface area contributed by atoms with Gasteiger partial charge in [0.25, 0.3) is 0 Å². The Morgan fingerprint density at radius 1 is 0.444 bits per heavy atom. The van der Waals surface area contributed by atoms with Crippen molar-refractivity contribution in [3.05, 3.63) is 121 Å². The summed E-state index contributed by atoms with van der Waals surface area (Å²) < 4.78 is 186. The molecular weight excluding hydrogens is 440 g/mol. The second kappa shape index (κ2) is 7.34. The smallest absolute Gasteiger partial charge is 0.146 e. The number of fused-ring (bicyclic) bond motifs is 7. The summed E-state index contributed by atoms with van der Waals surface area (Å²) in [5, 5.41) is -3.13. The largest absolute Gasteiger partial charge is 0.464 e. The van der Waals surface area contributed by atoms with Crippen LogP contribution in [0.1, 0.15) is 27.4 Å². The molecule has 8 rings (SSSR count). The van der Waals surface area contributed by atoms with Gasteiger partial charge in [0.15, 0.2) is 0 Å². The molecule has 0 N–H and O–H groups in total. The van der Waals surface area contributed by atoms with Crippen molar-refractivity contribution in [3.63, 3.8) is 0 Å². The average Bonchev–Trinajstić information content (AvgIpc) is 3.71. The molecule has 0 unspecified atom stereocenters. The SMILES string of the molecule is [2H]c1oc2c([2H])c([2H])c3c(oc4c([2H])c(-c5c6c([2H])c([2H])c([2H])c([2H])c6c(-c6c([2H])c([2H])c([2H])c([2H])c6[2H])c6c([2H])c([2H])c([2H])c([2H])c56)c([2H])c([2H])c43)c2c1[2H]. The number of hydrogen-bond donors (Lipinski definition) is 0. The van der Waals surface area contributed by atoms with E-state index in [9.17, 15) is 4.11 Å². The standard InChI is InChI=1S/C34H20O2/c1-2-8-21(9-3-1)32-24-10-4-6-12-26(24)33(27-13-7-5-11-25(27)32)22-14-15-23-28-16-17-30-29(18-19-35-30)34(28)36-31(23)20-22/h1-20H/i1D,2D,3D,4D,5D,6D,7D,8D,9D,10D,11D,12D,13D,14D,15D,16D,17D,18D,19D,20D. The Labute approximate surface area is 235 Å². The molecule has 2 aromatic heterocycles. The number of rotatable bonds is 2. The molecule has 2 heterocycles. The maximum atomic E-state index is 9.47. The normalized spacial score (nSPS) is 19.7. The van der Waals surface area contributed by atoms with Crippen LogP contribution in [0.25, 0.3) is 76.7 Å². The van der Waals surface area contributed by atoms with Gasteiger partial charge in [0.1, 0.15) is 18.1 Å². The molecule has 168 valence electrons. The van der Waals surface area contributed by atoms with Gasteiger partial charge in [-0.15, -0.1) is 0 Å². The third-order valence-corrected chi connectivity index (χ3v) is 5.92. The summed E-state index contributed by atoms with van der Waals surface area (Å²) in [6.45, 7) is 0. The molecule has 8 aromatic rings. The van der Waals surface area contributed by atoms with Crippen molar-refractivity contribution < 1.29 is 36.2 Å². The van der Waals surface area contributed by atoms with E-state index in [-0.39, 0.29) is 27.3 Å². The van der Waals surface area contributed by atoms with Crippen LogP contribution >= 0.6 is 0 Å². The molecule has 0 spiro atoms. The van der Waals surface area contributed by atoms with Crippen LogP contribution in [0.15, 0.2) is 130 Å². The molecule has 0 saturated heterocycles. The molecule has 0 aliphatic heterocycles. The molecule has 2 heteroatoms. The first-order chi connectivity index (χ1) is 26.2. The molecule has 0 aliphatic carbocycles. The molecular formula is C34H20O2. The molecule has 2 nitrogen and oxygen atoms in total. The lowest BCUT2D eigenvalue weighted by Gasteiger charge is -2.17. The highest BCUT2D eigenvalue weighted by Crippen LogP contribution is 2.44. The lowest BCUT2D eigenvalue weighted by molar-refractivity contribution is 0.615. The Kier molecular flexibility index (Phi) is 1.71. The lowest BCUT2D eigenvalue weighted by atomic mass is 9.86. The van der Waals surface area contributed by atoms with Gasteiger partial charge in [-0.05, 0) is 74.0 Å². The van der Waals surface area contributed by atoms with E-state index in [2.05, 4.69) is 0 Å². The maximum absolute atomic E-state index is 9.47. The zero-order chi connectivity index (χ0) is 41.0. The lowest BCUT2D eigenvalue weighted by Crippen LogP contribution is -1.90. The van der Waals surface area contributed by atoms with Crippen molar-refractivity contribution in [1.29, 1.82) is 0 Å². The topological polar surface area (TPSA) is 26.3 Å². The van der Waals surface area contributed by atoms with Crippen molar-refractivity contribution in [2.24, 2.45) is 0 Å². The summed E-state index contributed by atoms with van der Waals surface area (Å²) in [5.74, 6) is 0. The Bertz CT molecular complexity index is 3090. The number of furan rings is 2. The van der Waals surface area contributed by atoms with E-state index in [1.165, 1.54) is 0 Å². The third-order valence-electron chi connectivity index (χ3n) is 5.92. The number of hydrogen-bond acceptors (Lipinski definition) is 2. The monoisotopic (exact) mass is 480 g/mol. The van der Waals surface area contributed by atoms with E-state index in [0.29, 0.717) is 0 Å². The van der Waals surface area contributed by atoms with E-state index in [1.807, 2.05) is 0 Å². The van der Waals surface area contributed by atoms with E-state index in [0.717, 1.165) is 0 Å². The minimum Gasteiger partial charge on any atom is -0.464 e. The summed E-state index contributed by atoms with van der Waals surface area (Å²) in [6, 6.07) is -15.2. The van der Waals surface area contributed by atoms with Crippen molar-refractivity contribution in [2.45, 2.75) is 0 Å². The first-order valence-electron chi connectivity index (χ1n) is 20.6. The highest BCUT2D eigenvalue weighted by Gasteiger charge is 2.18. The Hall–Kier alpha value is -4.82. The summed E-state index contributed by atoms with van der Waals surface area (Å²) in [6.07, 6.45) is -0.666. The molecule has 0 radical (unpaired) electrons. The predicted octanol–water partition coefficient (Wildman–Crippen LogP) is 9.97. The van der Waals surface area contributed by atoms with Gasteiger partial charge < -0.3 is 8.83 Å². The second-order valence-corrected chi connectivity index (χ2v) is 7.79. The van der Waals surface area contributed by atoms with E-state index >= 15 is 0 Å². The number of benzene rings is 6. The van der Waals surface area contributed by atoms with Crippen LogP contribution in [0.2, 0.25) is 0 Å². The van der Waals surface area contributed by atoms with E-state index in [4.69, 9.17) is 32.1 Å². The van der Waals surface area contributed by atoms with Gasteiger partial charge in [0.2, 0.25) is 0 Å². The summed E-state index contributed by atoms with van der Waals surface area (Å²) >= 11 is 0. The van der Waals surface area contributed by atoms with Crippen LogP contribution in [-0.4, -0.2) is 0 Å². The Morgan fingerprint density at radius 3 is 1.75 bits per heavy atom. The van der Waals surface area contributed by atoms with Crippen LogP contribution in [-0.2, 0) is 0 Å². The van der Waals surface area contributed by atoms with Crippen LogP contribution in [0.3, 0.4) is 0 Å². The Morgan fingerprint density at radius 2 is 1.06 bits per heavy atom. The Balaban J connectivity index is 1.73. The minimum atomic E-state index is -0.872. The minimum absolute atomic E-state index is 0.226. The third kappa shape index (κ3) is 2.67. The molecule has 0 atom stereocenters. The maximum Gasteiger partial charge on any atom is 0.146 e. The van der Waals surface area contributed by atoms with Gasteiger partial charge in [0, 0.05) is 10.8 Å². The van der Waals surface area contributed by atoms with Crippen molar-refractivity contribution in [1.82, 2.24) is 0 Å². The zero-order valence-electron chi connectivity index (χ0n) is 37.8. The molecule has 6 aromatic carbocycles. The van der Waals surface area contributed by atoms with Gasteiger partial charge in [0.05, 0.1) is 37.7 Å². The average molecular weight is 481 g/mol. The molecule has 0 fully saturated rings. The van der Waals surface area contributed by atoms with Crippen LogP contribution in [0.4, 0.5) is 0 Å². The van der Waals surface area contributed by atoms with E-state index < -0.39 is 170 Å².